The summed E-state index contributed by atoms with van der Waals surface area (Å²) in [5.74, 6) is 1.41. The molecule has 5 nitrogen and oxygen atoms in total. The van der Waals surface area contributed by atoms with Crippen LogP contribution < -0.4 is 9.47 Å². The number of hydrogen-bond acceptors (Lipinski definition) is 4. The van der Waals surface area contributed by atoms with Gasteiger partial charge in [0.25, 0.3) is 0 Å². The summed E-state index contributed by atoms with van der Waals surface area (Å²) in [6, 6.07) is 9.73. The lowest BCUT2D eigenvalue weighted by Gasteiger charge is -2.29. The minimum absolute atomic E-state index is 0.0953. The van der Waals surface area contributed by atoms with E-state index in [0.717, 1.165) is 28.3 Å². The average molecular weight is 326 g/mol. The molecule has 0 fully saturated rings. The minimum Gasteiger partial charge on any atom is -0.493 e. The van der Waals surface area contributed by atoms with Gasteiger partial charge in [-0.15, -0.1) is 0 Å². The van der Waals surface area contributed by atoms with E-state index in [1.165, 1.54) is 0 Å². The fourth-order valence-electron chi connectivity index (χ4n) is 3.08. The van der Waals surface area contributed by atoms with Crippen LogP contribution in [0.3, 0.4) is 0 Å². The highest BCUT2D eigenvalue weighted by molar-refractivity contribution is 5.79. The van der Waals surface area contributed by atoms with E-state index in [-0.39, 0.29) is 11.8 Å². The number of carbonyl (C=O) groups is 1. The second-order valence-corrected chi connectivity index (χ2v) is 6.16. The summed E-state index contributed by atoms with van der Waals surface area (Å²) < 4.78 is 11.1. The normalized spacial score (nSPS) is 16.0. The number of methoxy groups -OCH3 is 1. The molecule has 0 saturated heterocycles. The summed E-state index contributed by atoms with van der Waals surface area (Å²) in [5.41, 5.74) is 3.06. The van der Waals surface area contributed by atoms with Crippen LogP contribution in [0.5, 0.6) is 11.5 Å². The Hall–Kier alpha value is -2.56. The number of aryl methyl sites for hydroxylation is 1. The minimum atomic E-state index is -0.169. The number of pyridine rings is 1. The molecule has 0 aliphatic carbocycles. The number of aromatic nitrogens is 1. The predicted molar refractivity (Wildman–Crippen MR) is 91.1 cm³/mol. The number of rotatable bonds is 4. The molecule has 0 saturated carbocycles. The maximum atomic E-state index is 12.8. The molecule has 0 spiro atoms. The van der Waals surface area contributed by atoms with E-state index < -0.39 is 0 Å². The van der Waals surface area contributed by atoms with Crippen molar-refractivity contribution in [3.63, 3.8) is 0 Å². The number of para-hydroxylation sites is 1. The van der Waals surface area contributed by atoms with Crippen LogP contribution in [0.1, 0.15) is 16.8 Å². The predicted octanol–water partition coefficient (Wildman–Crippen LogP) is 2.61. The molecule has 5 heteroatoms. The van der Waals surface area contributed by atoms with Crippen molar-refractivity contribution in [1.29, 1.82) is 0 Å². The molecule has 3 rings (SSSR count). The molecule has 2 aromatic rings. The second-order valence-electron chi connectivity index (χ2n) is 6.16. The van der Waals surface area contributed by atoms with Gasteiger partial charge in [-0.2, -0.15) is 0 Å². The van der Waals surface area contributed by atoms with Crippen molar-refractivity contribution >= 4 is 5.91 Å². The Kier molecular flexibility index (Phi) is 4.69. The van der Waals surface area contributed by atoms with Crippen LogP contribution in [0, 0.1) is 12.8 Å². The maximum absolute atomic E-state index is 12.8. The third-order valence-electron chi connectivity index (χ3n) is 4.28. The van der Waals surface area contributed by atoms with E-state index in [2.05, 4.69) is 4.98 Å². The Morgan fingerprint density at radius 3 is 3.00 bits per heavy atom. The summed E-state index contributed by atoms with van der Waals surface area (Å²) in [6.45, 7) is 2.90. The lowest BCUT2D eigenvalue weighted by atomic mass is 9.95. The zero-order chi connectivity index (χ0) is 17.1. The Morgan fingerprint density at radius 2 is 2.25 bits per heavy atom. The first-order valence-electron chi connectivity index (χ1n) is 8.03. The molecule has 24 heavy (non-hydrogen) atoms. The van der Waals surface area contributed by atoms with E-state index in [1.54, 1.807) is 18.2 Å². The fourth-order valence-corrected chi connectivity index (χ4v) is 3.08. The van der Waals surface area contributed by atoms with Crippen LogP contribution in [0.25, 0.3) is 0 Å². The lowest BCUT2D eigenvalue weighted by Crippen LogP contribution is -2.38. The van der Waals surface area contributed by atoms with Gasteiger partial charge in [0.05, 0.1) is 13.0 Å². The smallest absolute Gasteiger partial charge is 0.229 e. The molecular formula is C19H22N2O3. The van der Waals surface area contributed by atoms with E-state index in [4.69, 9.17) is 9.47 Å². The third kappa shape index (κ3) is 3.35. The second kappa shape index (κ2) is 6.91. The maximum Gasteiger partial charge on any atom is 0.229 e. The van der Waals surface area contributed by atoms with Gasteiger partial charge >= 0.3 is 0 Å². The van der Waals surface area contributed by atoms with E-state index in [9.17, 15) is 4.79 Å². The number of nitrogens with zero attached hydrogens (tertiary/aromatic N) is 2. The monoisotopic (exact) mass is 326 g/mol. The largest absolute Gasteiger partial charge is 0.493 e. The van der Waals surface area contributed by atoms with Crippen molar-refractivity contribution < 1.29 is 14.3 Å². The Balaban J connectivity index is 1.69. The average Bonchev–Trinajstić information content (AvgIpc) is 2.60. The molecule has 1 amide bonds. The number of fused-ring (bicyclic) bond motifs is 1. The van der Waals surface area contributed by atoms with Gasteiger partial charge in [0.15, 0.2) is 11.5 Å². The number of benzene rings is 1. The summed E-state index contributed by atoms with van der Waals surface area (Å²) in [5, 5.41) is 0. The van der Waals surface area contributed by atoms with Crippen LogP contribution in [0.15, 0.2) is 36.5 Å². The number of hydrogen-bond donors (Lipinski definition) is 0. The molecule has 2 heterocycles. The van der Waals surface area contributed by atoms with E-state index in [0.29, 0.717) is 19.6 Å². The van der Waals surface area contributed by atoms with Crippen LogP contribution in [-0.4, -0.2) is 36.6 Å². The summed E-state index contributed by atoms with van der Waals surface area (Å²) >= 11 is 0. The number of carbonyl (C=O) groups excluding carboxylic acids is 1. The van der Waals surface area contributed by atoms with Gasteiger partial charge in [-0.25, -0.2) is 0 Å². The van der Waals surface area contributed by atoms with Crippen LogP contribution in [0.2, 0.25) is 0 Å². The molecule has 1 aromatic heterocycles. The van der Waals surface area contributed by atoms with Crippen molar-refractivity contribution in [2.24, 2.45) is 5.92 Å². The molecule has 0 bridgehead atoms. The molecule has 0 radical (unpaired) electrons. The Morgan fingerprint density at radius 1 is 1.42 bits per heavy atom. The quantitative estimate of drug-likeness (QED) is 0.867. The van der Waals surface area contributed by atoms with Crippen molar-refractivity contribution in [3.8, 4) is 11.5 Å². The first-order chi connectivity index (χ1) is 11.6. The molecule has 1 atom stereocenters. The fraction of sp³-hybridized carbons (Fsp3) is 0.368. The van der Waals surface area contributed by atoms with E-state index >= 15 is 0 Å². The van der Waals surface area contributed by atoms with Crippen LogP contribution in [-0.2, 0) is 17.8 Å². The SMILES string of the molecule is COc1cccc2c1OC[C@@H](C(=O)N(C)Cc1ccnc(C)c1)C2. The van der Waals surface area contributed by atoms with Gasteiger partial charge in [-0.1, -0.05) is 12.1 Å². The van der Waals surface area contributed by atoms with Gasteiger partial charge < -0.3 is 14.4 Å². The zero-order valence-corrected chi connectivity index (χ0v) is 14.3. The molecular weight excluding hydrogens is 304 g/mol. The standard InChI is InChI=1S/C19H22N2O3/c1-13-9-14(7-8-20-13)11-21(2)19(22)16-10-15-5-4-6-17(23-3)18(15)24-12-16/h4-9,16H,10-12H2,1-3H3/t16-/m0/s1. The third-order valence-corrected chi connectivity index (χ3v) is 4.28. The summed E-state index contributed by atoms with van der Waals surface area (Å²) in [7, 11) is 3.46. The summed E-state index contributed by atoms with van der Waals surface area (Å²) in [4.78, 5) is 18.7. The number of ether oxygens (including phenoxy) is 2. The van der Waals surface area contributed by atoms with Gasteiger partial charge in [0.1, 0.15) is 6.61 Å². The van der Waals surface area contributed by atoms with E-state index in [1.807, 2.05) is 44.3 Å². The molecule has 126 valence electrons. The highest BCUT2D eigenvalue weighted by Gasteiger charge is 2.29. The van der Waals surface area contributed by atoms with Crippen molar-refractivity contribution in [2.45, 2.75) is 19.9 Å². The lowest BCUT2D eigenvalue weighted by molar-refractivity contribution is -0.136. The van der Waals surface area contributed by atoms with Crippen molar-refractivity contribution in [3.05, 3.63) is 53.3 Å². The van der Waals surface area contributed by atoms with Gasteiger partial charge in [0.2, 0.25) is 5.91 Å². The van der Waals surface area contributed by atoms with Crippen LogP contribution >= 0.6 is 0 Å². The molecule has 1 aliphatic rings. The molecule has 1 aliphatic heterocycles. The Labute approximate surface area is 142 Å². The summed E-state index contributed by atoms with van der Waals surface area (Å²) in [6.07, 6.45) is 2.44. The first kappa shape index (κ1) is 16.3. The number of amides is 1. The van der Waals surface area contributed by atoms with Crippen LogP contribution in [0.4, 0.5) is 0 Å². The van der Waals surface area contributed by atoms with Gasteiger partial charge in [-0.3, -0.25) is 9.78 Å². The topological polar surface area (TPSA) is 51.7 Å². The highest BCUT2D eigenvalue weighted by Crippen LogP contribution is 2.36. The zero-order valence-electron chi connectivity index (χ0n) is 14.3. The molecule has 0 N–H and O–H groups in total. The first-order valence-corrected chi connectivity index (χ1v) is 8.03. The highest BCUT2D eigenvalue weighted by atomic mass is 16.5. The van der Waals surface area contributed by atoms with Gasteiger partial charge in [0, 0.05) is 25.5 Å². The Bertz CT molecular complexity index is 745. The molecule has 1 aromatic carbocycles. The van der Waals surface area contributed by atoms with Crippen molar-refractivity contribution in [2.75, 3.05) is 20.8 Å². The molecule has 0 unspecified atom stereocenters. The van der Waals surface area contributed by atoms with Crippen molar-refractivity contribution in [1.82, 2.24) is 9.88 Å². The van der Waals surface area contributed by atoms with Gasteiger partial charge in [-0.05, 0) is 42.7 Å².